The molecular weight excluding hydrogens is 252 g/mol. The number of benzene rings is 1. The van der Waals surface area contributed by atoms with Crippen LogP contribution in [-0.2, 0) is 6.42 Å². The van der Waals surface area contributed by atoms with Gasteiger partial charge in [0, 0.05) is 19.2 Å². The number of nitrogens with one attached hydrogen (secondary N) is 2. The second-order valence-corrected chi connectivity index (χ2v) is 4.46. The fourth-order valence-electron chi connectivity index (χ4n) is 2.10. The quantitative estimate of drug-likeness (QED) is 0.752. The minimum absolute atomic E-state index is 0.414. The van der Waals surface area contributed by atoms with Crippen molar-refractivity contribution in [2.75, 3.05) is 24.2 Å². The van der Waals surface area contributed by atoms with Crippen molar-refractivity contribution in [3.05, 3.63) is 47.8 Å². The lowest BCUT2D eigenvalue weighted by molar-refractivity contribution is 0.191. The Morgan fingerprint density at radius 3 is 2.50 bits per heavy atom. The van der Waals surface area contributed by atoms with Crippen LogP contribution in [0.4, 0.5) is 11.6 Å². The van der Waals surface area contributed by atoms with E-state index >= 15 is 0 Å². The van der Waals surface area contributed by atoms with E-state index in [9.17, 15) is 5.11 Å². The van der Waals surface area contributed by atoms with Crippen LogP contribution in [0, 0.1) is 0 Å². The minimum Gasteiger partial charge on any atom is -0.387 e. The van der Waals surface area contributed by atoms with Gasteiger partial charge in [0.2, 0.25) is 0 Å². The van der Waals surface area contributed by atoms with Gasteiger partial charge in [0.25, 0.3) is 0 Å². The second kappa shape index (κ2) is 6.86. The third-order valence-electron chi connectivity index (χ3n) is 3.18. The summed E-state index contributed by atoms with van der Waals surface area (Å²) in [6.45, 7) is 2.47. The molecule has 5 nitrogen and oxygen atoms in total. The highest BCUT2D eigenvalue weighted by molar-refractivity contribution is 5.57. The maximum Gasteiger partial charge on any atom is 0.134 e. The smallest absolute Gasteiger partial charge is 0.134 e. The standard InChI is InChI=1S/C15H20N4O/c1-3-12-14(16-2)18-10-19-15(12)17-9-13(20)11-7-5-4-6-8-11/h4-8,10,13,20H,3,9H2,1-2H3,(H2,16,17,18,19). The molecule has 0 bridgehead atoms. The minimum atomic E-state index is -0.561. The molecule has 0 aliphatic heterocycles. The van der Waals surface area contributed by atoms with Crippen molar-refractivity contribution in [2.45, 2.75) is 19.4 Å². The summed E-state index contributed by atoms with van der Waals surface area (Å²) in [5, 5.41) is 16.4. The lowest BCUT2D eigenvalue weighted by Gasteiger charge is -2.16. The Hall–Kier alpha value is -2.14. The number of rotatable bonds is 6. The molecule has 2 aromatic rings. The van der Waals surface area contributed by atoms with Gasteiger partial charge in [0.15, 0.2) is 0 Å². The number of aliphatic hydroxyl groups excluding tert-OH is 1. The summed E-state index contributed by atoms with van der Waals surface area (Å²) >= 11 is 0. The summed E-state index contributed by atoms with van der Waals surface area (Å²) < 4.78 is 0. The van der Waals surface area contributed by atoms with Crippen LogP contribution in [0.5, 0.6) is 0 Å². The van der Waals surface area contributed by atoms with Crippen LogP contribution >= 0.6 is 0 Å². The molecule has 1 atom stereocenters. The van der Waals surface area contributed by atoms with Gasteiger partial charge >= 0.3 is 0 Å². The molecule has 0 aliphatic carbocycles. The highest BCUT2D eigenvalue weighted by atomic mass is 16.3. The fraction of sp³-hybridized carbons (Fsp3) is 0.333. The average Bonchev–Trinajstić information content (AvgIpc) is 2.52. The summed E-state index contributed by atoms with van der Waals surface area (Å²) in [5.41, 5.74) is 1.91. The van der Waals surface area contributed by atoms with Crippen LogP contribution in [0.3, 0.4) is 0 Å². The third-order valence-corrected chi connectivity index (χ3v) is 3.18. The van der Waals surface area contributed by atoms with Crippen molar-refractivity contribution >= 4 is 11.6 Å². The number of anilines is 2. The van der Waals surface area contributed by atoms with E-state index in [1.807, 2.05) is 37.4 Å². The SMILES string of the molecule is CCc1c(NC)ncnc1NCC(O)c1ccccc1. The molecule has 1 aromatic carbocycles. The van der Waals surface area contributed by atoms with Crippen molar-refractivity contribution in [2.24, 2.45) is 0 Å². The Kier molecular flexibility index (Phi) is 4.90. The van der Waals surface area contributed by atoms with Gasteiger partial charge in [0.05, 0.1) is 6.10 Å². The largest absolute Gasteiger partial charge is 0.387 e. The van der Waals surface area contributed by atoms with Crippen molar-refractivity contribution in [3.63, 3.8) is 0 Å². The lowest BCUT2D eigenvalue weighted by atomic mass is 10.1. The summed E-state index contributed by atoms with van der Waals surface area (Å²) in [7, 11) is 1.84. The Morgan fingerprint density at radius 1 is 1.15 bits per heavy atom. The van der Waals surface area contributed by atoms with E-state index in [1.54, 1.807) is 0 Å². The summed E-state index contributed by atoms with van der Waals surface area (Å²) in [6.07, 6.45) is 1.78. The first-order valence-electron chi connectivity index (χ1n) is 6.74. The molecule has 20 heavy (non-hydrogen) atoms. The van der Waals surface area contributed by atoms with Crippen LogP contribution in [0.1, 0.15) is 24.2 Å². The van der Waals surface area contributed by atoms with E-state index in [4.69, 9.17) is 0 Å². The third kappa shape index (κ3) is 3.24. The molecule has 0 aliphatic rings. The zero-order valence-electron chi connectivity index (χ0n) is 11.8. The Balaban J connectivity index is 2.07. The maximum absolute atomic E-state index is 10.2. The topological polar surface area (TPSA) is 70.1 Å². The average molecular weight is 272 g/mol. The molecule has 3 N–H and O–H groups in total. The Bertz CT molecular complexity index is 545. The van der Waals surface area contributed by atoms with Crippen LogP contribution < -0.4 is 10.6 Å². The molecule has 0 saturated heterocycles. The van der Waals surface area contributed by atoms with E-state index in [-0.39, 0.29) is 0 Å². The highest BCUT2D eigenvalue weighted by Gasteiger charge is 2.11. The number of aromatic nitrogens is 2. The zero-order valence-corrected chi connectivity index (χ0v) is 11.8. The molecule has 0 spiro atoms. The molecule has 0 radical (unpaired) electrons. The van der Waals surface area contributed by atoms with Gasteiger partial charge in [-0.3, -0.25) is 0 Å². The molecule has 1 unspecified atom stereocenters. The van der Waals surface area contributed by atoms with Gasteiger partial charge in [-0.2, -0.15) is 0 Å². The van der Waals surface area contributed by atoms with Crippen LogP contribution in [0.15, 0.2) is 36.7 Å². The van der Waals surface area contributed by atoms with E-state index < -0.39 is 6.10 Å². The first kappa shape index (κ1) is 14.3. The number of hydrogen-bond acceptors (Lipinski definition) is 5. The molecule has 5 heteroatoms. The van der Waals surface area contributed by atoms with Crippen molar-refractivity contribution in [1.29, 1.82) is 0 Å². The van der Waals surface area contributed by atoms with E-state index in [1.165, 1.54) is 6.33 Å². The number of aliphatic hydroxyl groups is 1. The van der Waals surface area contributed by atoms with Crippen molar-refractivity contribution < 1.29 is 5.11 Å². The van der Waals surface area contributed by atoms with Crippen LogP contribution in [0.25, 0.3) is 0 Å². The first-order valence-corrected chi connectivity index (χ1v) is 6.74. The zero-order chi connectivity index (χ0) is 14.4. The molecule has 0 saturated carbocycles. The van der Waals surface area contributed by atoms with Crippen LogP contribution in [-0.4, -0.2) is 28.7 Å². The first-order chi connectivity index (χ1) is 9.76. The Labute approximate surface area is 119 Å². The summed E-state index contributed by atoms with van der Waals surface area (Å²) in [4.78, 5) is 8.44. The van der Waals surface area contributed by atoms with Gasteiger partial charge in [-0.25, -0.2) is 9.97 Å². The normalized spacial score (nSPS) is 11.9. The number of hydrogen-bond donors (Lipinski definition) is 3. The van der Waals surface area contributed by atoms with Gasteiger partial charge in [0.1, 0.15) is 18.0 Å². The molecule has 2 rings (SSSR count). The predicted octanol–water partition coefficient (Wildman–Crippen LogP) is 2.23. The highest BCUT2D eigenvalue weighted by Crippen LogP contribution is 2.21. The molecule has 1 aromatic heterocycles. The van der Waals surface area contributed by atoms with E-state index in [0.29, 0.717) is 6.54 Å². The Morgan fingerprint density at radius 2 is 1.85 bits per heavy atom. The van der Waals surface area contributed by atoms with Crippen LogP contribution in [0.2, 0.25) is 0 Å². The molecule has 1 heterocycles. The monoisotopic (exact) mass is 272 g/mol. The van der Waals surface area contributed by atoms with E-state index in [2.05, 4.69) is 27.5 Å². The lowest BCUT2D eigenvalue weighted by Crippen LogP contribution is -2.15. The summed E-state index contributed by atoms with van der Waals surface area (Å²) in [5.74, 6) is 1.58. The van der Waals surface area contributed by atoms with E-state index in [0.717, 1.165) is 29.2 Å². The molecule has 0 amide bonds. The van der Waals surface area contributed by atoms with Gasteiger partial charge < -0.3 is 15.7 Å². The number of nitrogens with zero attached hydrogens (tertiary/aromatic N) is 2. The molecular formula is C15H20N4O. The second-order valence-electron chi connectivity index (χ2n) is 4.46. The van der Waals surface area contributed by atoms with Gasteiger partial charge in [-0.05, 0) is 12.0 Å². The van der Waals surface area contributed by atoms with Gasteiger partial charge in [-0.1, -0.05) is 37.3 Å². The molecule has 106 valence electrons. The maximum atomic E-state index is 10.2. The van der Waals surface area contributed by atoms with Gasteiger partial charge in [-0.15, -0.1) is 0 Å². The predicted molar refractivity (Wildman–Crippen MR) is 80.8 cm³/mol. The summed E-state index contributed by atoms with van der Waals surface area (Å²) in [6, 6.07) is 9.58. The molecule has 0 fully saturated rings. The van der Waals surface area contributed by atoms with Crippen molar-refractivity contribution in [1.82, 2.24) is 9.97 Å². The fourth-order valence-corrected chi connectivity index (χ4v) is 2.10. The van der Waals surface area contributed by atoms with Crippen molar-refractivity contribution in [3.8, 4) is 0 Å².